The summed E-state index contributed by atoms with van der Waals surface area (Å²) in [6.07, 6.45) is -1.71. The molecule has 5 aromatic rings. The van der Waals surface area contributed by atoms with Crippen LogP contribution < -0.4 is 32.3 Å². The Labute approximate surface area is 337 Å². The van der Waals surface area contributed by atoms with Crippen LogP contribution in [-0.4, -0.2) is 41.3 Å². The third kappa shape index (κ3) is 15.8. The number of carbonyl (C=O) groups excluding carboxylic acids is 5. The Bertz CT molecular complexity index is 2180. The molecule has 0 saturated heterocycles. The zero-order valence-corrected chi connectivity index (χ0v) is 33.2. The van der Waals surface area contributed by atoms with Crippen LogP contribution in [0.5, 0.6) is 0 Å². The predicted molar refractivity (Wildman–Crippen MR) is 226 cm³/mol. The smallest absolute Gasteiger partial charge is 0.412 e. The molecule has 0 aliphatic rings. The highest BCUT2D eigenvalue weighted by molar-refractivity contribution is 6.05. The van der Waals surface area contributed by atoms with E-state index in [-0.39, 0.29) is 18.4 Å². The minimum atomic E-state index is -0.605. The van der Waals surface area contributed by atoms with Gasteiger partial charge in [0.1, 0.15) is 17.8 Å². The number of hydrogen-bond acceptors (Lipinski definition) is 9. The molecule has 5 aromatic carbocycles. The molecule has 0 saturated carbocycles. The first-order chi connectivity index (χ1) is 27.4. The lowest BCUT2D eigenvalue weighted by Crippen LogP contribution is -2.27. The third-order valence-electron chi connectivity index (χ3n) is 7.31. The lowest BCUT2D eigenvalue weighted by molar-refractivity contribution is 0.0624. The summed E-state index contributed by atoms with van der Waals surface area (Å²) in [5, 5.41) is 13.4. The molecule has 0 bridgehead atoms. The summed E-state index contributed by atoms with van der Waals surface area (Å²) in [4.78, 5) is 60.4. The second-order valence-electron chi connectivity index (χ2n) is 14.7. The molecule has 0 unspecified atom stereocenters. The molecule has 0 aliphatic heterocycles. The van der Waals surface area contributed by atoms with Crippen LogP contribution in [0, 0.1) is 0 Å². The van der Waals surface area contributed by atoms with Crippen molar-refractivity contribution in [2.75, 3.05) is 32.3 Å². The zero-order valence-electron chi connectivity index (χ0n) is 33.2. The molecule has 0 heterocycles. The standard InChI is InChI=1S/C26H27N3O5.C18H21N3O3/c1-26(2,3)34-25(32)28-20-14-12-19(13-15-20)23(30)27-21-10-7-11-22(16-21)29-24(31)33-17-18-8-5-4-6-9-18;1-18(2,3)24-17(23)21-14-9-7-12(8-10-14)16(22)20-15-6-4-5-13(19)11-15/h4-16H,17H2,1-3H3,(H,27,30)(H,28,32)(H,29,31);4-11H,19H2,1-3H3,(H,20,22)(H,21,23). The second-order valence-corrected chi connectivity index (χ2v) is 14.7. The molecular formula is C44H48N6O8. The van der Waals surface area contributed by atoms with Gasteiger partial charge in [-0.05, 0) is 132 Å². The van der Waals surface area contributed by atoms with Crippen LogP contribution in [0.25, 0.3) is 0 Å². The predicted octanol–water partition coefficient (Wildman–Crippen LogP) is 9.90. The SMILES string of the molecule is CC(C)(C)OC(=O)Nc1ccc(C(=O)Nc2cccc(N)c2)cc1.CC(C)(C)OC(=O)Nc1ccc(C(=O)Nc2cccc(NC(=O)OCc3ccccc3)c2)cc1. The molecule has 0 aliphatic carbocycles. The molecule has 0 aromatic heterocycles. The summed E-state index contributed by atoms with van der Waals surface area (Å²) in [6.45, 7) is 10.8. The Morgan fingerprint density at radius 2 is 0.879 bits per heavy atom. The molecular weight excluding hydrogens is 741 g/mol. The van der Waals surface area contributed by atoms with Gasteiger partial charge < -0.3 is 30.6 Å². The Balaban J connectivity index is 0.000000273. The van der Waals surface area contributed by atoms with Gasteiger partial charge in [-0.3, -0.25) is 25.5 Å². The summed E-state index contributed by atoms with van der Waals surface area (Å²) in [7, 11) is 0. The van der Waals surface area contributed by atoms with Crippen molar-refractivity contribution in [1.82, 2.24) is 0 Å². The van der Waals surface area contributed by atoms with E-state index in [1.165, 1.54) is 0 Å². The topological polar surface area (TPSA) is 199 Å². The van der Waals surface area contributed by atoms with E-state index in [0.717, 1.165) is 5.56 Å². The van der Waals surface area contributed by atoms with Crippen molar-refractivity contribution >= 4 is 64.2 Å². The van der Waals surface area contributed by atoms with Crippen LogP contribution in [0.3, 0.4) is 0 Å². The normalized spacial score (nSPS) is 10.7. The Morgan fingerprint density at radius 1 is 0.466 bits per heavy atom. The largest absolute Gasteiger partial charge is 0.444 e. The summed E-state index contributed by atoms with van der Waals surface area (Å²) < 4.78 is 15.6. The number of nitrogen functional groups attached to an aromatic ring is 1. The van der Waals surface area contributed by atoms with E-state index in [0.29, 0.717) is 45.3 Å². The van der Waals surface area contributed by atoms with Gasteiger partial charge >= 0.3 is 18.3 Å². The fourth-order valence-corrected chi connectivity index (χ4v) is 4.83. The maximum Gasteiger partial charge on any atom is 0.412 e. The second kappa shape index (κ2) is 20.0. The van der Waals surface area contributed by atoms with Crippen molar-refractivity contribution in [3.05, 3.63) is 144 Å². The highest BCUT2D eigenvalue weighted by Gasteiger charge is 2.18. The fourth-order valence-electron chi connectivity index (χ4n) is 4.83. The molecule has 0 fully saturated rings. The molecule has 0 radical (unpaired) electrons. The van der Waals surface area contributed by atoms with E-state index >= 15 is 0 Å². The van der Waals surface area contributed by atoms with Crippen LogP contribution in [-0.2, 0) is 20.8 Å². The van der Waals surface area contributed by atoms with Crippen LogP contribution >= 0.6 is 0 Å². The Hall–Kier alpha value is -7.35. The van der Waals surface area contributed by atoms with Gasteiger partial charge in [-0.25, -0.2) is 14.4 Å². The average Bonchev–Trinajstić information content (AvgIpc) is 3.14. The molecule has 14 heteroatoms. The Kier molecular flexibility index (Phi) is 15.0. The van der Waals surface area contributed by atoms with Crippen molar-refractivity contribution in [1.29, 1.82) is 0 Å². The van der Waals surface area contributed by atoms with Crippen molar-refractivity contribution < 1.29 is 38.2 Å². The number of nitrogens with one attached hydrogen (secondary N) is 5. The molecule has 0 spiro atoms. The van der Waals surface area contributed by atoms with Crippen LogP contribution in [0.2, 0.25) is 0 Å². The number of nitrogens with two attached hydrogens (primary N) is 1. The summed E-state index contributed by atoms with van der Waals surface area (Å²) in [5.74, 6) is -0.600. The summed E-state index contributed by atoms with van der Waals surface area (Å²) in [5.41, 5.74) is 9.48. The molecule has 5 rings (SSSR count). The lowest BCUT2D eigenvalue weighted by Gasteiger charge is -2.19. The van der Waals surface area contributed by atoms with Crippen molar-refractivity contribution in [3.63, 3.8) is 0 Å². The maximum absolute atomic E-state index is 12.6. The van der Waals surface area contributed by atoms with Crippen LogP contribution in [0.15, 0.2) is 127 Å². The molecule has 302 valence electrons. The van der Waals surface area contributed by atoms with E-state index in [9.17, 15) is 24.0 Å². The van der Waals surface area contributed by atoms with E-state index in [1.54, 1.807) is 139 Å². The molecule has 58 heavy (non-hydrogen) atoms. The first-order valence-electron chi connectivity index (χ1n) is 18.2. The van der Waals surface area contributed by atoms with Gasteiger partial charge in [0.05, 0.1) is 0 Å². The Morgan fingerprint density at radius 3 is 1.33 bits per heavy atom. The van der Waals surface area contributed by atoms with E-state index in [1.807, 2.05) is 30.3 Å². The van der Waals surface area contributed by atoms with Gasteiger partial charge in [0.25, 0.3) is 11.8 Å². The quantitative estimate of drug-likeness (QED) is 0.0621. The van der Waals surface area contributed by atoms with Gasteiger partial charge in [-0.2, -0.15) is 0 Å². The number of amides is 5. The molecule has 0 atom stereocenters. The van der Waals surface area contributed by atoms with Gasteiger partial charge in [0.2, 0.25) is 0 Å². The van der Waals surface area contributed by atoms with Gasteiger partial charge in [0, 0.05) is 45.3 Å². The minimum Gasteiger partial charge on any atom is -0.444 e. The van der Waals surface area contributed by atoms with Crippen LogP contribution in [0.4, 0.5) is 48.5 Å². The summed E-state index contributed by atoms with van der Waals surface area (Å²) >= 11 is 0. The molecule has 7 N–H and O–H groups in total. The van der Waals surface area contributed by atoms with Gasteiger partial charge in [-0.15, -0.1) is 0 Å². The van der Waals surface area contributed by atoms with Crippen molar-refractivity contribution in [2.45, 2.75) is 59.4 Å². The van der Waals surface area contributed by atoms with E-state index in [4.69, 9.17) is 19.9 Å². The van der Waals surface area contributed by atoms with E-state index < -0.39 is 29.5 Å². The zero-order chi connectivity index (χ0) is 42.3. The number of rotatable bonds is 9. The average molecular weight is 789 g/mol. The summed E-state index contributed by atoms with van der Waals surface area (Å²) in [6, 6.07) is 35.9. The van der Waals surface area contributed by atoms with Crippen molar-refractivity contribution in [3.8, 4) is 0 Å². The molecule has 5 amide bonds. The van der Waals surface area contributed by atoms with Crippen LogP contribution in [0.1, 0.15) is 67.8 Å². The maximum atomic E-state index is 12.6. The fraction of sp³-hybridized carbons (Fsp3) is 0.205. The lowest BCUT2D eigenvalue weighted by atomic mass is 10.2. The highest BCUT2D eigenvalue weighted by atomic mass is 16.6. The van der Waals surface area contributed by atoms with E-state index in [2.05, 4.69) is 26.6 Å². The number of ether oxygens (including phenoxy) is 3. The third-order valence-corrected chi connectivity index (χ3v) is 7.31. The number of carbonyl (C=O) groups is 5. The number of hydrogen-bond donors (Lipinski definition) is 6. The number of anilines is 6. The first-order valence-corrected chi connectivity index (χ1v) is 18.2. The molecule has 14 nitrogen and oxygen atoms in total. The monoisotopic (exact) mass is 788 g/mol. The van der Waals surface area contributed by atoms with Gasteiger partial charge in [0.15, 0.2) is 0 Å². The minimum absolute atomic E-state index is 0.155. The first kappa shape index (κ1) is 43.4. The van der Waals surface area contributed by atoms with Gasteiger partial charge in [-0.1, -0.05) is 42.5 Å². The van der Waals surface area contributed by atoms with Crippen molar-refractivity contribution in [2.24, 2.45) is 0 Å². The highest BCUT2D eigenvalue weighted by Crippen LogP contribution is 2.19. The number of benzene rings is 5.